The van der Waals surface area contributed by atoms with Crippen LogP contribution in [0.2, 0.25) is 0 Å². The number of carbonyl (C=O) groups is 3. The Hall–Kier alpha value is -3.73. The number of nitrogens with zero attached hydrogens (tertiary/aromatic N) is 5. The molecule has 152 valence electrons. The Morgan fingerprint density at radius 2 is 1.90 bits per heavy atom. The van der Waals surface area contributed by atoms with Crippen LogP contribution in [0.1, 0.15) is 43.0 Å². The number of imide groups is 1. The third-order valence-corrected chi connectivity index (χ3v) is 5.23. The molecule has 10 nitrogen and oxygen atoms in total. The third kappa shape index (κ3) is 3.74. The molecule has 0 atom stereocenters. The van der Waals surface area contributed by atoms with Crippen molar-refractivity contribution >= 4 is 40.1 Å². The van der Waals surface area contributed by atoms with Gasteiger partial charge in [0.2, 0.25) is 5.13 Å². The van der Waals surface area contributed by atoms with Crippen molar-refractivity contribution in [3.8, 4) is 0 Å². The summed E-state index contributed by atoms with van der Waals surface area (Å²) in [4.78, 5) is 46.0. The van der Waals surface area contributed by atoms with E-state index < -0.39 is 5.97 Å². The first-order chi connectivity index (χ1) is 14.6. The molecule has 2 amide bonds. The fourth-order valence-corrected chi connectivity index (χ4v) is 3.67. The molecule has 1 aromatic carbocycles. The first-order valence-corrected chi connectivity index (χ1v) is 9.92. The van der Waals surface area contributed by atoms with Gasteiger partial charge in [-0.2, -0.15) is 0 Å². The molecule has 3 heterocycles. The Morgan fingerprint density at radius 1 is 1.17 bits per heavy atom. The molecule has 11 heteroatoms. The summed E-state index contributed by atoms with van der Waals surface area (Å²) in [5.41, 5.74) is 1.01. The first-order valence-electron chi connectivity index (χ1n) is 9.10. The molecular formula is C19H16N6O4S. The number of ether oxygens (including phenoxy) is 1. The summed E-state index contributed by atoms with van der Waals surface area (Å²) in [6.45, 7) is 2.14. The fourth-order valence-electron chi connectivity index (χ4n) is 2.94. The molecule has 0 bridgehead atoms. The van der Waals surface area contributed by atoms with Gasteiger partial charge in [0.15, 0.2) is 0 Å². The van der Waals surface area contributed by atoms with E-state index in [0.29, 0.717) is 27.7 Å². The highest BCUT2D eigenvalue weighted by Crippen LogP contribution is 2.25. The van der Waals surface area contributed by atoms with E-state index in [2.05, 4.69) is 25.5 Å². The van der Waals surface area contributed by atoms with E-state index >= 15 is 0 Å². The zero-order valence-electron chi connectivity index (χ0n) is 15.9. The summed E-state index contributed by atoms with van der Waals surface area (Å²) in [6.07, 6.45) is 3.02. The molecule has 1 N–H and O–H groups in total. The number of anilines is 2. The third-order valence-electron chi connectivity index (χ3n) is 4.33. The number of hydrogen-bond acceptors (Lipinski definition) is 10. The van der Waals surface area contributed by atoms with Crippen LogP contribution in [0, 0.1) is 0 Å². The van der Waals surface area contributed by atoms with E-state index in [4.69, 9.17) is 4.74 Å². The molecule has 2 aromatic heterocycles. The summed E-state index contributed by atoms with van der Waals surface area (Å²) in [5.74, 6) is -0.903. The lowest BCUT2D eigenvalue weighted by Crippen LogP contribution is -2.31. The standard InChI is InChI=1S/C19H16N6O4S/c1-2-29-18(28)13-9-20-10-21-15(13)22-19-24-23-14(30-19)7-8-25-16(26)11-5-3-4-6-12(11)17(25)27/h3-6,9-10H,2,7-8H2,1H3,(H,20,21,22,24). The smallest absolute Gasteiger partial charge is 0.343 e. The molecule has 4 rings (SSSR count). The fraction of sp³-hybridized carbons (Fsp3) is 0.211. The number of benzene rings is 1. The summed E-state index contributed by atoms with van der Waals surface area (Å²) < 4.78 is 4.99. The van der Waals surface area contributed by atoms with Crippen molar-refractivity contribution in [1.29, 1.82) is 0 Å². The number of esters is 1. The van der Waals surface area contributed by atoms with Crippen LogP contribution >= 0.6 is 11.3 Å². The zero-order valence-corrected chi connectivity index (χ0v) is 16.7. The Kier molecular flexibility index (Phi) is 5.44. The molecule has 0 fully saturated rings. The molecule has 0 saturated carbocycles. The molecule has 0 spiro atoms. The molecule has 1 aliphatic heterocycles. The van der Waals surface area contributed by atoms with Crippen molar-refractivity contribution in [3.05, 3.63) is 58.5 Å². The highest BCUT2D eigenvalue weighted by molar-refractivity contribution is 7.15. The number of hydrogen-bond donors (Lipinski definition) is 1. The van der Waals surface area contributed by atoms with Crippen LogP contribution in [-0.2, 0) is 11.2 Å². The molecular weight excluding hydrogens is 408 g/mol. The summed E-state index contributed by atoms with van der Waals surface area (Å²) in [7, 11) is 0. The van der Waals surface area contributed by atoms with Gasteiger partial charge in [0.1, 0.15) is 22.7 Å². The van der Waals surface area contributed by atoms with Gasteiger partial charge in [-0.3, -0.25) is 14.5 Å². The van der Waals surface area contributed by atoms with E-state index in [1.165, 1.54) is 28.8 Å². The highest BCUT2D eigenvalue weighted by Gasteiger charge is 2.34. The van der Waals surface area contributed by atoms with Crippen molar-refractivity contribution in [2.75, 3.05) is 18.5 Å². The van der Waals surface area contributed by atoms with E-state index in [1.807, 2.05) is 0 Å². The van der Waals surface area contributed by atoms with Crippen LogP contribution in [0.5, 0.6) is 0 Å². The molecule has 0 radical (unpaired) electrons. The van der Waals surface area contributed by atoms with Gasteiger partial charge < -0.3 is 10.1 Å². The maximum atomic E-state index is 12.4. The molecule has 3 aromatic rings. The van der Waals surface area contributed by atoms with Crippen molar-refractivity contribution in [1.82, 2.24) is 25.1 Å². The lowest BCUT2D eigenvalue weighted by molar-refractivity contribution is 0.0525. The maximum absolute atomic E-state index is 12.4. The topological polar surface area (TPSA) is 127 Å². The number of nitrogens with one attached hydrogen (secondary N) is 1. The number of amides is 2. The van der Waals surface area contributed by atoms with Crippen molar-refractivity contribution in [2.24, 2.45) is 0 Å². The number of fused-ring (bicyclic) bond motifs is 1. The molecule has 30 heavy (non-hydrogen) atoms. The second-order valence-corrected chi connectivity index (χ2v) is 7.25. The van der Waals surface area contributed by atoms with Crippen molar-refractivity contribution in [3.63, 3.8) is 0 Å². The normalized spacial score (nSPS) is 12.8. The minimum atomic E-state index is -0.545. The second-order valence-electron chi connectivity index (χ2n) is 6.19. The Morgan fingerprint density at radius 3 is 2.60 bits per heavy atom. The predicted molar refractivity (Wildman–Crippen MR) is 107 cm³/mol. The number of carbonyl (C=O) groups excluding carboxylic acids is 3. The monoisotopic (exact) mass is 424 g/mol. The van der Waals surface area contributed by atoms with E-state index in [9.17, 15) is 14.4 Å². The predicted octanol–water partition coefficient (Wildman–Crippen LogP) is 2.09. The van der Waals surface area contributed by atoms with Gasteiger partial charge in [0.25, 0.3) is 11.8 Å². The van der Waals surface area contributed by atoms with E-state index in [-0.39, 0.29) is 36.3 Å². The SMILES string of the molecule is CCOC(=O)c1cncnc1Nc1nnc(CCN2C(=O)c3ccccc3C2=O)s1. The second kappa shape index (κ2) is 8.33. The maximum Gasteiger partial charge on any atom is 0.343 e. The Balaban J connectivity index is 1.42. The molecule has 1 aliphatic rings. The minimum Gasteiger partial charge on any atom is -0.462 e. The van der Waals surface area contributed by atoms with Gasteiger partial charge in [-0.15, -0.1) is 10.2 Å². The Bertz CT molecular complexity index is 1100. The van der Waals surface area contributed by atoms with Gasteiger partial charge in [-0.25, -0.2) is 14.8 Å². The average molecular weight is 424 g/mol. The van der Waals surface area contributed by atoms with E-state index in [0.717, 1.165) is 0 Å². The van der Waals surface area contributed by atoms with Crippen molar-refractivity contribution in [2.45, 2.75) is 13.3 Å². The average Bonchev–Trinajstić information content (AvgIpc) is 3.30. The van der Waals surface area contributed by atoms with Gasteiger partial charge in [-0.1, -0.05) is 23.5 Å². The quantitative estimate of drug-likeness (QED) is 0.448. The molecule has 0 unspecified atom stereocenters. The van der Waals surface area contributed by atoms with E-state index in [1.54, 1.807) is 31.2 Å². The lowest BCUT2D eigenvalue weighted by Gasteiger charge is -2.12. The van der Waals surface area contributed by atoms with Gasteiger partial charge in [0, 0.05) is 19.2 Å². The lowest BCUT2D eigenvalue weighted by atomic mass is 10.1. The highest BCUT2D eigenvalue weighted by atomic mass is 32.1. The summed E-state index contributed by atoms with van der Waals surface area (Å²) >= 11 is 1.24. The summed E-state index contributed by atoms with van der Waals surface area (Å²) in [5, 5.41) is 12.1. The van der Waals surface area contributed by atoms with Crippen molar-refractivity contribution < 1.29 is 19.1 Å². The van der Waals surface area contributed by atoms with Gasteiger partial charge in [0.05, 0.1) is 17.7 Å². The van der Waals surface area contributed by atoms with Gasteiger partial charge in [-0.05, 0) is 19.1 Å². The van der Waals surface area contributed by atoms with Gasteiger partial charge >= 0.3 is 5.97 Å². The number of aromatic nitrogens is 4. The van der Waals surface area contributed by atoms with Crippen LogP contribution in [0.25, 0.3) is 0 Å². The molecule has 0 saturated heterocycles. The number of rotatable bonds is 7. The van der Waals surface area contributed by atoms with Crippen LogP contribution in [0.3, 0.4) is 0 Å². The van der Waals surface area contributed by atoms with Crippen LogP contribution in [0.15, 0.2) is 36.8 Å². The largest absolute Gasteiger partial charge is 0.462 e. The minimum absolute atomic E-state index is 0.183. The summed E-state index contributed by atoms with van der Waals surface area (Å²) in [6, 6.07) is 6.75. The Labute approximate surface area is 174 Å². The molecule has 0 aliphatic carbocycles. The first kappa shape index (κ1) is 19.6. The van der Waals surface area contributed by atoms with Crippen LogP contribution < -0.4 is 5.32 Å². The van der Waals surface area contributed by atoms with Crippen LogP contribution in [-0.4, -0.2) is 56.0 Å². The zero-order chi connectivity index (χ0) is 21.1. The van der Waals surface area contributed by atoms with Crippen LogP contribution in [0.4, 0.5) is 10.9 Å².